The van der Waals surface area contributed by atoms with Gasteiger partial charge in [-0.15, -0.1) is 12.4 Å². The van der Waals surface area contributed by atoms with E-state index < -0.39 is 12.1 Å². The SMILES string of the molecule is Cc1ccccc1OC(C)C(=O)N1CCN(C(=O)[C@@H](N)CC(C)C)CC1.Cl. The van der Waals surface area contributed by atoms with Crippen molar-refractivity contribution in [1.82, 2.24) is 9.80 Å². The molecule has 152 valence electrons. The van der Waals surface area contributed by atoms with Crippen molar-refractivity contribution >= 4 is 24.2 Å². The summed E-state index contributed by atoms with van der Waals surface area (Å²) in [6.45, 7) is 9.91. The Balaban J connectivity index is 0.00000364. The van der Waals surface area contributed by atoms with E-state index in [0.717, 1.165) is 11.3 Å². The standard InChI is InChI=1S/C20H31N3O3.ClH/c1-14(2)13-17(21)20(25)23-11-9-22(10-12-23)19(24)16(4)26-18-8-6-5-7-15(18)3;/h5-8,14,16-17H,9-13,21H2,1-4H3;1H/t16?,17-;/m0./s1. The maximum atomic E-state index is 12.6. The van der Waals surface area contributed by atoms with Gasteiger partial charge in [0.2, 0.25) is 5.91 Å². The molecule has 2 amide bonds. The summed E-state index contributed by atoms with van der Waals surface area (Å²) in [6.07, 6.45) is 0.126. The zero-order chi connectivity index (χ0) is 19.3. The molecule has 0 bridgehead atoms. The van der Waals surface area contributed by atoms with Crippen LogP contribution in [0.25, 0.3) is 0 Å². The molecule has 1 unspecified atom stereocenters. The van der Waals surface area contributed by atoms with Gasteiger partial charge in [-0.25, -0.2) is 0 Å². The van der Waals surface area contributed by atoms with E-state index in [4.69, 9.17) is 10.5 Å². The molecule has 1 aliphatic rings. The molecule has 1 aromatic rings. The number of nitrogens with two attached hydrogens (primary N) is 1. The molecule has 0 spiro atoms. The highest BCUT2D eigenvalue weighted by atomic mass is 35.5. The molecule has 2 rings (SSSR count). The molecular formula is C20H32ClN3O3. The zero-order valence-corrected chi connectivity index (χ0v) is 17.5. The fourth-order valence-corrected chi connectivity index (χ4v) is 3.18. The van der Waals surface area contributed by atoms with Crippen LogP contribution in [0.5, 0.6) is 5.75 Å². The summed E-state index contributed by atoms with van der Waals surface area (Å²) in [7, 11) is 0. The number of hydrogen-bond acceptors (Lipinski definition) is 4. The number of halogens is 1. The smallest absolute Gasteiger partial charge is 0.263 e. The Labute approximate surface area is 168 Å². The molecule has 0 saturated carbocycles. The van der Waals surface area contributed by atoms with Crippen LogP contribution in [0, 0.1) is 12.8 Å². The van der Waals surface area contributed by atoms with Crippen LogP contribution in [0.4, 0.5) is 0 Å². The Morgan fingerprint density at radius 1 is 1.04 bits per heavy atom. The monoisotopic (exact) mass is 397 g/mol. The molecule has 7 heteroatoms. The molecule has 0 aliphatic carbocycles. The van der Waals surface area contributed by atoms with Crippen molar-refractivity contribution < 1.29 is 14.3 Å². The maximum absolute atomic E-state index is 12.6. The third kappa shape index (κ3) is 6.40. The van der Waals surface area contributed by atoms with Crippen molar-refractivity contribution in [3.63, 3.8) is 0 Å². The molecular weight excluding hydrogens is 366 g/mol. The van der Waals surface area contributed by atoms with Crippen LogP contribution in [0.15, 0.2) is 24.3 Å². The van der Waals surface area contributed by atoms with E-state index in [1.54, 1.807) is 16.7 Å². The van der Waals surface area contributed by atoms with Crippen molar-refractivity contribution in [2.24, 2.45) is 11.7 Å². The number of rotatable bonds is 6. The first kappa shape index (κ1) is 23.2. The van der Waals surface area contributed by atoms with Gasteiger partial charge in [0.15, 0.2) is 6.10 Å². The number of benzene rings is 1. The van der Waals surface area contributed by atoms with Gasteiger partial charge in [-0.05, 0) is 37.8 Å². The fourth-order valence-electron chi connectivity index (χ4n) is 3.18. The van der Waals surface area contributed by atoms with Crippen molar-refractivity contribution in [2.45, 2.75) is 46.3 Å². The second kappa shape index (κ2) is 10.5. The van der Waals surface area contributed by atoms with Crippen LogP contribution in [-0.2, 0) is 9.59 Å². The third-order valence-corrected chi connectivity index (χ3v) is 4.69. The van der Waals surface area contributed by atoms with Crippen molar-refractivity contribution in [3.8, 4) is 5.75 Å². The minimum absolute atomic E-state index is 0. The average Bonchev–Trinajstić information content (AvgIpc) is 2.62. The number of carbonyl (C=O) groups is 2. The van der Waals surface area contributed by atoms with E-state index in [1.807, 2.05) is 31.2 Å². The highest BCUT2D eigenvalue weighted by Crippen LogP contribution is 2.19. The average molecular weight is 398 g/mol. The van der Waals surface area contributed by atoms with Crippen LogP contribution in [0.3, 0.4) is 0 Å². The summed E-state index contributed by atoms with van der Waals surface area (Å²) >= 11 is 0. The van der Waals surface area contributed by atoms with E-state index >= 15 is 0 Å². The van der Waals surface area contributed by atoms with Crippen molar-refractivity contribution in [1.29, 1.82) is 0 Å². The molecule has 6 nitrogen and oxygen atoms in total. The lowest BCUT2D eigenvalue weighted by Gasteiger charge is -2.37. The Morgan fingerprint density at radius 3 is 2.07 bits per heavy atom. The maximum Gasteiger partial charge on any atom is 0.263 e. The summed E-state index contributed by atoms with van der Waals surface area (Å²) in [6, 6.07) is 7.20. The van der Waals surface area contributed by atoms with E-state index in [2.05, 4.69) is 13.8 Å². The first-order valence-electron chi connectivity index (χ1n) is 9.35. The van der Waals surface area contributed by atoms with E-state index in [9.17, 15) is 9.59 Å². The summed E-state index contributed by atoms with van der Waals surface area (Å²) in [5, 5.41) is 0. The van der Waals surface area contributed by atoms with Gasteiger partial charge >= 0.3 is 0 Å². The molecule has 1 heterocycles. The normalized spacial score (nSPS) is 16.5. The van der Waals surface area contributed by atoms with Gasteiger partial charge in [0.25, 0.3) is 5.91 Å². The lowest BCUT2D eigenvalue weighted by atomic mass is 10.0. The highest BCUT2D eigenvalue weighted by Gasteiger charge is 2.30. The quantitative estimate of drug-likeness (QED) is 0.798. The Kier molecular flexibility index (Phi) is 9.06. The number of amides is 2. The highest BCUT2D eigenvalue weighted by molar-refractivity contribution is 5.85. The predicted molar refractivity (Wildman–Crippen MR) is 109 cm³/mol. The van der Waals surface area contributed by atoms with Gasteiger partial charge in [0, 0.05) is 26.2 Å². The number of hydrogen-bond donors (Lipinski definition) is 1. The topological polar surface area (TPSA) is 75.9 Å². The Bertz CT molecular complexity index is 631. The Morgan fingerprint density at radius 2 is 1.56 bits per heavy atom. The van der Waals surface area contributed by atoms with Crippen LogP contribution >= 0.6 is 12.4 Å². The van der Waals surface area contributed by atoms with Crippen LogP contribution in [0.2, 0.25) is 0 Å². The van der Waals surface area contributed by atoms with E-state index in [-0.39, 0.29) is 24.2 Å². The van der Waals surface area contributed by atoms with Crippen molar-refractivity contribution in [3.05, 3.63) is 29.8 Å². The number of carbonyl (C=O) groups excluding carboxylic acids is 2. The second-order valence-corrected chi connectivity index (χ2v) is 7.41. The number of aryl methyl sites for hydroxylation is 1. The number of piperazine rings is 1. The molecule has 0 radical (unpaired) electrons. The zero-order valence-electron chi connectivity index (χ0n) is 16.7. The molecule has 2 N–H and O–H groups in total. The Hall–Kier alpha value is -1.79. The first-order valence-corrected chi connectivity index (χ1v) is 9.35. The fraction of sp³-hybridized carbons (Fsp3) is 0.600. The van der Waals surface area contributed by atoms with Gasteiger partial charge in [-0.2, -0.15) is 0 Å². The lowest BCUT2D eigenvalue weighted by Crippen LogP contribution is -2.56. The third-order valence-electron chi connectivity index (χ3n) is 4.69. The molecule has 1 saturated heterocycles. The molecule has 0 aromatic heterocycles. The van der Waals surface area contributed by atoms with Gasteiger partial charge in [-0.1, -0.05) is 32.0 Å². The minimum atomic E-state index is -0.554. The van der Waals surface area contributed by atoms with Gasteiger partial charge in [0.1, 0.15) is 5.75 Å². The summed E-state index contributed by atoms with van der Waals surface area (Å²) in [4.78, 5) is 28.6. The molecule has 2 atom stereocenters. The van der Waals surface area contributed by atoms with Crippen LogP contribution < -0.4 is 10.5 Å². The van der Waals surface area contributed by atoms with Crippen LogP contribution in [-0.4, -0.2) is 59.9 Å². The molecule has 1 aliphatic heterocycles. The second-order valence-electron chi connectivity index (χ2n) is 7.41. The summed E-state index contributed by atoms with van der Waals surface area (Å²) in [5.74, 6) is 1.04. The summed E-state index contributed by atoms with van der Waals surface area (Å²) < 4.78 is 5.82. The van der Waals surface area contributed by atoms with Gasteiger partial charge in [-0.3, -0.25) is 9.59 Å². The molecule has 27 heavy (non-hydrogen) atoms. The minimum Gasteiger partial charge on any atom is -0.481 e. The number of nitrogens with zero attached hydrogens (tertiary/aromatic N) is 2. The predicted octanol–water partition coefficient (Wildman–Crippen LogP) is 2.23. The van der Waals surface area contributed by atoms with E-state index in [0.29, 0.717) is 38.5 Å². The number of ether oxygens (including phenoxy) is 1. The number of para-hydroxylation sites is 1. The van der Waals surface area contributed by atoms with Gasteiger partial charge < -0.3 is 20.3 Å². The van der Waals surface area contributed by atoms with Crippen LogP contribution in [0.1, 0.15) is 32.8 Å². The first-order chi connectivity index (χ1) is 12.3. The van der Waals surface area contributed by atoms with Gasteiger partial charge in [0.05, 0.1) is 6.04 Å². The lowest BCUT2D eigenvalue weighted by molar-refractivity contribution is -0.144. The van der Waals surface area contributed by atoms with Crippen molar-refractivity contribution in [2.75, 3.05) is 26.2 Å². The van der Waals surface area contributed by atoms with E-state index in [1.165, 1.54) is 0 Å². The summed E-state index contributed by atoms with van der Waals surface area (Å²) in [5.41, 5.74) is 7.00. The molecule has 1 aromatic carbocycles. The largest absolute Gasteiger partial charge is 0.481 e. The molecule has 1 fully saturated rings.